The quantitative estimate of drug-likeness (QED) is 0.808. The maximum atomic E-state index is 9.27. The van der Waals surface area contributed by atoms with E-state index < -0.39 is 0 Å². The van der Waals surface area contributed by atoms with Crippen molar-refractivity contribution >= 4 is 0 Å². The van der Waals surface area contributed by atoms with Crippen molar-refractivity contribution in [2.24, 2.45) is 0 Å². The SMILES string of the molecule is COCC(CO)NC(C)c1ccc2c(c1)CCC2. The van der Waals surface area contributed by atoms with Gasteiger partial charge in [-0.3, -0.25) is 0 Å². The van der Waals surface area contributed by atoms with Crippen molar-refractivity contribution < 1.29 is 9.84 Å². The molecule has 100 valence electrons. The third-order valence-corrected chi connectivity index (χ3v) is 3.70. The Balaban J connectivity index is 2.02. The summed E-state index contributed by atoms with van der Waals surface area (Å²) < 4.78 is 5.08. The number of ether oxygens (including phenoxy) is 1. The van der Waals surface area contributed by atoms with Crippen molar-refractivity contribution in [3.05, 3.63) is 34.9 Å². The van der Waals surface area contributed by atoms with Crippen LogP contribution in [0.5, 0.6) is 0 Å². The van der Waals surface area contributed by atoms with Crippen LogP contribution in [0.4, 0.5) is 0 Å². The average Bonchev–Trinajstić information content (AvgIpc) is 2.85. The van der Waals surface area contributed by atoms with Crippen molar-refractivity contribution in [2.75, 3.05) is 20.3 Å². The molecule has 0 spiro atoms. The number of hydrogen-bond donors (Lipinski definition) is 2. The summed E-state index contributed by atoms with van der Waals surface area (Å²) in [4.78, 5) is 0. The van der Waals surface area contributed by atoms with Gasteiger partial charge in [0.25, 0.3) is 0 Å². The molecule has 0 aromatic heterocycles. The smallest absolute Gasteiger partial charge is 0.0638 e. The summed E-state index contributed by atoms with van der Waals surface area (Å²) in [5.41, 5.74) is 4.29. The van der Waals surface area contributed by atoms with E-state index in [-0.39, 0.29) is 18.7 Å². The van der Waals surface area contributed by atoms with Crippen LogP contribution in [0.25, 0.3) is 0 Å². The molecule has 0 radical (unpaired) electrons. The number of aryl methyl sites for hydroxylation is 2. The van der Waals surface area contributed by atoms with Crippen LogP contribution in [0.1, 0.15) is 36.1 Å². The molecule has 2 atom stereocenters. The first-order valence-electron chi connectivity index (χ1n) is 6.72. The van der Waals surface area contributed by atoms with Crippen LogP contribution in [-0.4, -0.2) is 31.5 Å². The monoisotopic (exact) mass is 249 g/mol. The molecule has 1 aromatic carbocycles. The normalized spacial score (nSPS) is 17.5. The summed E-state index contributed by atoms with van der Waals surface area (Å²) in [5.74, 6) is 0. The van der Waals surface area contributed by atoms with Crippen LogP contribution >= 0.6 is 0 Å². The molecule has 3 nitrogen and oxygen atoms in total. The van der Waals surface area contributed by atoms with Gasteiger partial charge in [-0.15, -0.1) is 0 Å². The Morgan fingerprint density at radius 3 is 2.83 bits per heavy atom. The second-order valence-corrected chi connectivity index (χ2v) is 5.10. The van der Waals surface area contributed by atoms with Gasteiger partial charge in [0.15, 0.2) is 0 Å². The van der Waals surface area contributed by atoms with E-state index in [1.54, 1.807) is 7.11 Å². The standard InChI is InChI=1S/C15H23NO2/c1-11(16-15(9-17)10-18-2)13-7-6-12-4-3-5-14(12)8-13/h6-8,11,15-17H,3-5,9-10H2,1-2H3. The number of benzene rings is 1. The molecule has 0 heterocycles. The molecule has 0 fully saturated rings. The van der Waals surface area contributed by atoms with E-state index in [1.807, 2.05) is 0 Å². The minimum absolute atomic E-state index is 0.00162. The lowest BCUT2D eigenvalue weighted by Crippen LogP contribution is -2.38. The Kier molecular flexibility index (Phi) is 4.75. The highest BCUT2D eigenvalue weighted by Gasteiger charge is 2.15. The molecular weight excluding hydrogens is 226 g/mol. The Bertz CT molecular complexity index is 392. The Hall–Kier alpha value is -0.900. The number of hydrogen-bond acceptors (Lipinski definition) is 3. The van der Waals surface area contributed by atoms with E-state index in [0.717, 1.165) is 0 Å². The van der Waals surface area contributed by atoms with Gasteiger partial charge in [-0.05, 0) is 42.9 Å². The van der Waals surface area contributed by atoms with Gasteiger partial charge >= 0.3 is 0 Å². The molecule has 0 saturated heterocycles. The molecule has 2 rings (SSSR count). The van der Waals surface area contributed by atoms with Crippen LogP contribution in [0, 0.1) is 0 Å². The third-order valence-electron chi connectivity index (χ3n) is 3.70. The van der Waals surface area contributed by atoms with Crippen LogP contribution in [-0.2, 0) is 17.6 Å². The number of aliphatic hydroxyl groups excluding tert-OH is 1. The van der Waals surface area contributed by atoms with E-state index in [2.05, 4.69) is 30.4 Å². The second-order valence-electron chi connectivity index (χ2n) is 5.10. The highest BCUT2D eigenvalue weighted by Crippen LogP contribution is 2.25. The zero-order valence-electron chi connectivity index (χ0n) is 11.3. The van der Waals surface area contributed by atoms with Crippen LogP contribution < -0.4 is 5.32 Å². The molecular formula is C15H23NO2. The number of fused-ring (bicyclic) bond motifs is 1. The first kappa shape index (κ1) is 13.5. The van der Waals surface area contributed by atoms with Crippen LogP contribution in [0.2, 0.25) is 0 Å². The molecule has 1 aromatic rings. The summed E-state index contributed by atoms with van der Waals surface area (Å²) in [6.45, 7) is 2.77. The molecule has 0 aliphatic heterocycles. The number of nitrogens with one attached hydrogen (secondary N) is 1. The minimum atomic E-state index is -0.00162. The summed E-state index contributed by atoms with van der Waals surface area (Å²) in [5, 5.41) is 12.7. The van der Waals surface area contributed by atoms with Crippen molar-refractivity contribution in [2.45, 2.75) is 38.3 Å². The molecule has 1 aliphatic rings. The maximum absolute atomic E-state index is 9.27. The van der Waals surface area contributed by atoms with Gasteiger partial charge in [0.2, 0.25) is 0 Å². The summed E-state index contributed by atoms with van der Waals surface area (Å²) in [6, 6.07) is 6.99. The van der Waals surface area contributed by atoms with E-state index in [4.69, 9.17) is 4.74 Å². The highest BCUT2D eigenvalue weighted by atomic mass is 16.5. The van der Waals surface area contributed by atoms with Gasteiger partial charge < -0.3 is 15.2 Å². The number of aliphatic hydroxyl groups is 1. The molecule has 0 saturated carbocycles. The van der Waals surface area contributed by atoms with Gasteiger partial charge in [0.05, 0.1) is 19.3 Å². The lowest BCUT2D eigenvalue weighted by Gasteiger charge is -2.22. The highest BCUT2D eigenvalue weighted by molar-refractivity contribution is 5.36. The molecule has 0 amide bonds. The topological polar surface area (TPSA) is 41.5 Å². The first-order valence-corrected chi connectivity index (χ1v) is 6.72. The van der Waals surface area contributed by atoms with Gasteiger partial charge in [0, 0.05) is 13.2 Å². The second kappa shape index (κ2) is 6.32. The molecule has 2 N–H and O–H groups in total. The van der Waals surface area contributed by atoms with Crippen molar-refractivity contribution in [1.29, 1.82) is 0 Å². The maximum Gasteiger partial charge on any atom is 0.0638 e. The fourth-order valence-corrected chi connectivity index (χ4v) is 2.67. The molecule has 0 bridgehead atoms. The zero-order chi connectivity index (χ0) is 13.0. The minimum Gasteiger partial charge on any atom is -0.395 e. The number of methoxy groups -OCH3 is 1. The summed E-state index contributed by atoms with van der Waals surface area (Å²) in [7, 11) is 1.66. The Morgan fingerprint density at radius 1 is 1.33 bits per heavy atom. The zero-order valence-corrected chi connectivity index (χ0v) is 11.3. The van der Waals surface area contributed by atoms with Crippen LogP contribution in [0.15, 0.2) is 18.2 Å². The largest absolute Gasteiger partial charge is 0.395 e. The van der Waals surface area contributed by atoms with Gasteiger partial charge in [-0.2, -0.15) is 0 Å². The summed E-state index contributed by atoms with van der Waals surface area (Å²) in [6.07, 6.45) is 3.71. The Labute approximate surface area is 109 Å². The van der Waals surface area contributed by atoms with E-state index >= 15 is 0 Å². The predicted molar refractivity (Wildman–Crippen MR) is 72.8 cm³/mol. The van der Waals surface area contributed by atoms with E-state index in [1.165, 1.54) is 36.0 Å². The van der Waals surface area contributed by atoms with Crippen molar-refractivity contribution in [3.63, 3.8) is 0 Å². The lowest BCUT2D eigenvalue weighted by atomic mass is 10.0. The number of rotatable bonds is 6. The van der Waals surface area contributed by atoms with E-state index in [9.17, 15) is 5.11 Å². The summed E-state index contributed by atoms with van der Waals surface area (Å²) >= 11 is 0. The predicted octanol–water partition coefficient (Wildman–Crippen LogP) is 1.83. The van der Waals surface area contributed by atoms with Gasteiger partial charge in [-0.1, -0.05) is 18.2 Å². The van der Waals surface area contributed by atoms with E-state index in [0.29, 0.717) is 6.61 Å². The fraction of sp³-hybridized carbons (Fsp3) is 0.600. The van der Waals surface area contributed by atoms with Crippen molar-refractivity contribution in [1.82, 2.24) is 5.32 Å². The van der Waals surface area contributed by atoms with Gasteiger partial charge in [-0.25, -0.2) is 0 Å². The fourth-order valence-electron chi connectivity index (χ4n) is 2.67. The van der Waals surface area contributed by atoms with Crippen molar-refractivity contribution in [3.8, 4) is 0 Å². The van der Waals surface area contributed by atoms with Gasteiger partial charge in [0.1, 0.15) is 0 Å². The lowest BCUT2D eigenvalue weighted by molar-refractivity contribution is 0.123. The van der Waals surface area contributed by atoms with Crippen LogP contribution in [0.3, 0.4) is 0 Å². The molecule has 2 unspecified atom stereocenters. The third kappa shape index (κ3) is 3.10. The first-order chi connectivity index (χ1) is 8.74. The average molecular weight is 249 g/mol. The molecule has 3 heteroatoms. The Morgan fingerprint density at radius 2 is 2.11 bits per heavy atom. The molecule has 18 heavy (non-hydrogen) atoms. The molecule has 1 aliphatic carbocycles.